The molecule has 0 amide bonds. The fraction of sp³-hybridized carbons (Fsp3) is 0.667. The van der Waals surface area contributed by atoms with E-state index in [0.717, 1.165) is 0 Å². The fourth-order valence-corrected chi connectivity index (χ4v) is 0.319. The summed E-state index contributed by atoms with van der Waals surface area (Å²) in [6.07, 6.45) is 2.10. The van der Waals surface area contributed by atoms with Gasteiger partial charge in [0.25, 0.3) is 0 Å². The number of hydrogen-bond acceptors (Lipinski definition) is 2. The molecule has 0 spiro atoms. The van der Waals surface area contributed by atoms with Crippen molar-refractivity contribution in [3.05, 3.63) is 0 Å². The van der Waals surface area contributed by atoms with Crippen molar-refractivity contribution in [1.82, 2.24) is 0 Å². The summed E-state index contributed by atoms with van der Waals surface area (Å²) < 4.78 is 4.89. The molecule has 0 fully saturated rings. The summed E-state index contributed by atoms with van der Waals surface area (Å²) in [6, 6.07) is 0. The smallest absolute Gasteiger partial charge is 0.833 e. The van der Waals surface area contributed by atoms with E-state index in [1.54, 1.807) is 6.11 Å². The number of hydrogen-bond donors (Lipinski definition) is 0. The Labute approximate surface area is 67.8 Å². The SMILES string of the molecule is CCOCCC#C[O-].[Li+]. The molecule has 0 unspecified atom stereocenters. The molecule has 0 aromatic carbocycles. The van der Waals surface area contributed by atoms with Gasteiger partial charge in [0.2, 0.25) is 0 Å². The molecule has 0 aliphatic carbocycles. The van der Waals surface area contributed by atoms with E-state index in [1.165, 1.54) is 0 Å². The van der Waals surface area contributed by atoms with Crippen molar-refractivity contribution in [2.75, 3.05) is 13.2 Å². The first-order chi connectivity index (χ1) is 3.91. The summed E-state index contributed by atoms with van der Waals surface area (Å²) in [7, 11) is 0. The van der Waals surface area contributed by atoms with E-state index in [2.05, 4.69) is 5.92 Å². The minimum Gasteiger partial charge on any atom is -0.833 e. The molecule has 0 aliphatic heterocycles. The minimum atomic E-state index is 0. The van der Waals surface area contributed by atoms with Gasteiger partial charge >= 0.3 is 18.9 Å². The molecule has 0 bridgehead atoms. The van der Waals surface area contributed by atoms with Crippen molar-refractivity contribution in [1.29, 1.82) is 0 Å². The van der Waals surface area contributed by atoms with Crippen LogP contribution in [-0.4, -0.2) is 13.2 Å². The van der Waals surface area contributed by atoms with Crippen molar-refractivity contribution in [2.24, 2.45) is 0 Å². The zero-order valence-corrected chi connectivity index (χ0v) is 5.94. The molecule has 0 rings (SSSR count). The zero-order valence-electron chi connectivity index (χ0n) is 5.94. The predicted molar refractivity (Wildman–Crippen MR) is 28.9 cm³/mol. The van der Waals surface area contributed by atoms with E-state index in [1.807, 2.05) is 6.92 Å². The number of ether oxygens (including phenoxy) is 1. The van der Waals surface area contributed by atoms with Crippen LogP contribution in [0.5, 0.6) is 0 Å². The Bertz CT molecular complexity index is 93.0. The van der Waals surface area contributed by atoms with E-state index < -0.39 is 0 Å². The molecule has 0 saturated heterocycles. The maximum atomic E-state index is 9.48. The third-order valence-electron chi connectivity index (χ3n) is 0.648. The van der Waals surface area contributed by atoms with Crippen LogP contribution in [-0.2, 0) is 4.74 Å². The molecule has 0 atom stereocenters. The maximum Gasteiger partial charge on any atom is 1.00 e. The van der Waals surface area contributed by atoms with Crippen LogP contribution in [0, 0.1) is 12.0 Å². The van der Waals surface area contributed by atoms with Crippen LogP contribution in [0.3, 0.4) is 0 Å². The Morgan fingerprint density at radius 1 is 1.56 bits per heavy atom. The Hall–Kier alpha value is -0.0826. The van der Waals surface area contributed by atoms with Crippen LogP contribution in [0.2, 0.25) is 0 Å². The fourth-order valence-electron chi connectivity index (χ4n) is 0.319. The molecule has 0 saturated carbocycles. The van der Waals surface area contributed by atoms with Gasteiger partial charge in [0, 0.05) is 13.0 Å². The maximum absolute atomic E-state index is 9.48. The van der Waals surface area contributed by atoms with Crippen molar-refractivity contribution in [2.45, 2.75) is 13.3 Å². The Balaban J connectivity index is 0. The molecule has 2 nitrogen and oxygen atoms in total. The molecule has 0 radical (unpaired) electrons. The Morgan fingerprint density at radius 2 is 2.22 bits per heavy atom. The molecule has 0 aliphatic rings. The summed E-state index contributed by atoms with van der Waals surface area (Å²) >= 11 is 0. The van der Waals surface area contributed by atoms with Gasteiger partial charge in [-0.25, -0.2) is 0 Å². The molecular formula is C6H9LiO2. The van der Waals surface area contributed by atoms with E-state index in [4.69, 9.17) is 4.74 Å². The largest absolute Gasteiger partial charge is 1.00 e. The Morgan fingerprint density at radius 3 is 2.67 bits per heavy atom. The molecule has 3 heteroatoms. The molecule has 0 aromatic heterocycles. The second-order valence-electron chi connectivity index (χ2n) is 1.23. The summed E-state index contributed by atoms with van der Waals surface area (Å²) in [5.74, 6) is 2.35. The van der Waals surface area contributed by atoms with E-state index in [-0.39, 0.29) is 18.9 Å². The summed E-state index contributed by atoms with van der Waals surface area (Å²) in [4.78, 5) is 0. The summed E-state index contributed by atoms with van der Waals surface area (Å²) in [5.41, 5.74) is 0. The first-order valence-electron chi connectivity index (χ1n) is 2.59. The molecular weight excluding hydrogens is 111 g/mol. The molecule has 0 heterocycles. The van der Waals surface area contributed by atoms with Crippen molar-refractivity contribution in [3.63, 3.8) is 0 Å². The summed E-state index contributed by atoms with van der Waals surface area (Å²) in [6.45, 7) is 3.18. The average molecular weight is 120 g/mol. The van der Waals surface area contributed by atoms with Crippen LogP contribution in [0.25, 0.3) is 0 Å². The molecule has 0 N–H and O–H groups in total. The van der Waals surface area contributed by atoms with Gasteiger partial charge in [-0.2, -0.15) is 6.11 Å². The van der Waals surface area contributed by atoms with Crippen LogP contribution in [0.15, 0.2) is 0 Å². The van der Waals surface area contributed by atoms with Gasteiger partial charge in [0.05, 0.1) is 6.61 Å². The second-order valence-corrected chi connectivity index (χ2v) is 1.23. The van der Waals surface area contributed by atoms with Crippen LogP contribution in [0.4, 0.5) is 0 Å². The third kappa shape index (κ3) is 11.5. The van der Waals surface area contributed by atoms with Gasteiger partial charge in [-0.05, 0) is 6.92 Å². The van der Waals surface area contributed by atoms with Crippen molar-refractivity contribution in [3.8, 4) is 12.0 Å². The van der Waals surface area contributed by atoms with E-state index in [9.17, 15) is 5.11 Å². The van der Waals surface area contributed by atoms with Crippen molar-refractivity contribution >= 4 is 0 Å². The first kappa shape index (κ1) is 11.7. The van der Waals surface area contributed by atoms with Crippen molar-refractivity contribution < 1.29 is 28.7 Å². The van der Waals surface area contributed by atoms with E-state index >= 15 is 0 Å². The third-order valence-corrected chi connectivity index (χ3v) is 0.648. The van der Waals surface area contributed by atoms with Gasteiger partial charge in [-0.3, -0.25) is 0 Å². The predicted octanol–water partition coefficient (Wildman–Crippen LogP) is -3.26. The topological polar surface area (TPSA) is 32.3 Å². The molecule has 9 heavy (non-hydrogen) atoms. The van der Waals surface area contributed by atoms with Crippen LogP contribution < -0.4 is 24.0 Å². The van der Waals surface area contributed by atoms with Crippen LogP contribution in [0.1, 0.15) is 13.3 Å². The molecule has 0 aromatic rings. The molecule has 46 valence electrons. The van der Waals surface area contributed by atoms with Crippen LogP contribution >= 0.6 is 0 Å². The van der Waals surface area contributed by atoms with Gasteiger partial charge in [0.1, 0.15) is 0 Å². The van der Waals surface area contributed by atoms with E-state index in [0.29, 0.717) is 19.6 Å². The first-order valence-corrected chi connectivity index (χ1v) is 2.59. The van der Waals surface area contributed by atoms with Gasteiger partial charge in [0.15, 0.2) is 0 Å². The van der Waals surface area contributed by atoms with Gasteiger partial charge < -0.3 is 9.84 Å². The standard InChI is InChI=1S/C6H10O2.Li/c1-2-8-6-4-3-5-7;/h7H,2,4,6H2,1H3;/q;+1/p-1. The quantitative estimate of drug-likeness (QED) is 0.222. The number of rotatable bonds is 3. The second kappa shape index (κ2) is 10.8. The summed E-state index contributed by atoms with van der Waals surface area (Å²) in [5, 5.41) is 9.48. The Kier molecular flexibility index (Phi) is 14.0. The zero-order chi connectivity index (χ0) is 6.24. The van der Waals surface area contributed by atoms with Gasteiger partial charge in [-0.15, -0.1) is 5.92 Å². The monoisotopic (exact) mass is 120 g/mol. The average Bonchev–Trinajstić information content (AvgIpc) is 1.81. The normalized spacial score (nSPS) is 6.78. The van der Waals surface area contributed by atoms with Gasteiger partial charge in [-0.1, -0.05) is 0 Å². The minimum absolute atomic E-state index is 0.